The quantitative estimate of drug-likeness (QED) is 0.740. The molecule has 0 aliphatic carbocycles. The minimum absolute atomic E-state index is 0.125. The van der Waals surface area contributed by atoms with Crippen LogP contribution in [-0.2, 0) is 0 Å². The Labute approximate surface area is 86.0 Å². The number of rotatable bonds is 4. The molecule has 0 spiro atoms. The number of hydrogen-bond donors (Lipinski definition) is 0. The molecule has 1 aromatic rings. The first-order chi connectivity index (χ1) is 6.24. The van der Waals surface area contributed by atoms with Crippen molar-refractivity contribution in [2.75, 3.05) is 13.3 Å². The second-order valence-electron chi connectivity index (χ2n) is 2.73. The van der Waals surface area contributed by atoms with Crippen molar-refractivity contribution in [2.45, 2.75) is 11.8 Å². The molecular weight excluding hydrogens is 235 g/mol. The number of benzene rings is 1. The van der Waals surface area contributed by atoms with Gasteiger partial charge in [-0.05, 0) is 24.6 Å². The van der Waals surface area contributed by atoms with Gasteiger partial charge in [-0.15, -0.1) is 0 Å². The highest BCUT2D eigenvalue weighted by molar-refractivity contribution is 9.09. The van der Waals surface area contributed by atoms with Gasteiger partial charge in [0, 0.05) is 4.83 Å². The zero-order chi connectivity index (χ0) is 9.68. The van der Waals surface area contributed by atoms with Crippen LogP contribution >= 0.6 is 15.9 Å². The van der Waals surface area contributed by atoms with Gasteiger partial charge in [-0.1, -0.05) is 28.1 Å². The fourth-order valence-electron chi connectivity index (χ4n) is 1.01. The first kappa shape index (κ1) is 10.5. The third kappa shape index (κ3) is 3.35. The van der Waals surface area contributed by atoms with Gasteiger partial charge in [0.2, 0.25) is 0 Å². The van der Waals surface area contributed by atoms with Crippen molar-refractivity contribution >= 4 is 15.9 Å². The molecule has 0 amide bonds. The van der Waals surface area contributed by atoms with E-state index in [0.717, 1.165) is 11.3 Å². The first-order valence-corrected chi connectivity index (χ1v) is 5.08. The molecule has 1 unspecified atom stereocenters. The largest absolute Gasteiger partial charge is 0.491 e. The van der Waals surface area contributed by atoms with Crippen molar-refractivity contribution < 1.29 is 9.13 Å². The molecule has 0 aromatic heterocycles. The fourth-order valence-corrected chi connectivity index (χ4v) is 1.29. The molecule has 1 nitrogen and oxygen atoms in total. The molecule has 1 atom stereocenters. The lowest BCUT2D eigenvalue weighted by atomic mass is 10.2. The zero-order valence-electron chi connectivity index (χ0n) is 7.47. The number of hydrogen-bond acceptors (Lipinski definition) is 1. The van der Waals surface area contributed by atoms with Crippen molar-refractivity contribution in [2.24, 2.45) is 0 Å². The molecule has 0 saturated heterocycles. The second kappa shape index (κ2) is 5.22. The molecule has 0 aliphatic rings. The second-order valence-corrected chi connectivity index (χ2v) is 4.10. The van der Waals surface area contributed by atoms with E-state index in [4.69, 9.17) is 4.74 Å². The maximum atomic E-state index is 11.8. The third-order valence-corrected chi connectivity index (χ3v) is 2.19. The summed E-state index contributed by atoms with van der Waals surface area (Å²) in [4.78, 5) is 0.293. The number of alkyl halides is 2. The van der Waals surface area contributed by atoms with Crippen LogP contribution in [0.5, 0.6) is 5.75 Å². The van der Waals surface area contributed by atoms with Crippen LogP contribution in [0, 0.1) is 0 Å². The Morgan fingerprint density at radius 2 is 2.31 bits per heavy atom. The Morgan fingerprint density at radius 3 is 2.92 bits per heavy atom. The van der Waals surface area contributed by atoms with Gasteiger partial charge in [0.1, 0.15) is 19.0 Å². The Hall–Kier alpha value is -0.570. The van der Waals surface area contributed by atoms with Gasteiger partial charge in [0.15, 0.2) is 0 Å². The molecule has 1 aromatic carbocycles. The summed E-state index contributed by atoms with van der Waals surface area (Å²) in [6, 6.07) is 7.64. The van der Waals surface area contributed by atoms with E-state index in [1.54, 1.807) is 0 Å². The molecule has 0 radical (unpaired) electrons. The van der Waals surface area contributed by atoms with Gasteiger partial charge in [-0.25, -0.2) is 4.39 Å². The Balaban J connectivity index is 2.68. The highest BCUT2D eigenvalue weighted by atomic mass is 79.9. The van der Waals surface area contributed by atoms with Crippen molar-refractivity contribution in [3.8, 4) is 5.75 Å². The van der Waals surface area contributed by atoms with Crippen LogP contribution in [0.15, 0.2) is 24.3 Å². The zero-order valence-corrected chi connectivity index (χ0v) is 9.05. The fraction of sp³-hybridized carbons (Fsp3) is 0.400. The topological polar surface area (TPSA) is 9.23 Å². The molecule has 0 N–H and O–H groups in total. The van der Waals surface area contributed by atoms with E-state index in [9.17, 15) is 4.39 Å². The molecule has 0 heterocycles. The van der Waals surface area contributed by atoms with Crippen molar-refractivity contribution in [1.29, 1.82) is 0 Å². The van der Waals surface area contributed by atoms with E-state index >= 15 is 0 Å². The highest BCUT2D eigenvalue weighted by Gasteiger charge is 2.01. The Bertz CT molecular complexity index is 263. The average Bonchev–Trinajstić information content (AvgIpc) is 2.15. The van der Waals surface area contributed by atoms with Gasteiger partial charge >= 0.3 is 0 Å². The Kier molecular flexibility index (Phi) is 4.22. The lowest BCUT2D eigenvalue weighted by molar-refractivity contribution is 0.273. The number of ether oxygens (including phenoxy) is 1. The lowest BCUT2D eigenvalue weighted by Crippen LogP contribution is -1.98. The SMILES string of the molecule is CC(Br)c1cccc(OCCF)c1. The van der Waals surface area contributed by atoms with Crippen LogP contribution in [0.25, 0.3) is 0 Å². The summed E-state index contributed by atoms with van der Waals surface area (Å²) in [5.74, 6) is 0.724. The highest BCUT2D eigenvalue weighted by Crippen LogP contribution is 2.24. The van der Waals surface area contributed by atoms with Crippen molar-refractivity contribution in [3.63, 3.8) is 0 Å². The van der Waals surface area contributed by atoms with Crippen LogP contribution < -0.4 is 4.74 Å². The smallest absolute Gasteiger partial charge is 0.123 e. The van der Waals surface area contributed by atoms with E-state index in [-0.39, 0.29) is 6.61 Å². The van der Waals surface area contributed by atoms with E-state index in [0.29, 0.717) is 4.83 Å². The minimum atomic E-state index is -0.450. The van der Waals surface area contributed by atoms with Crippen LogP contribution in [0.1, 0.15) is 17.3 Å². The van der Waals surface area contributed by atoms with Crippen LogP contribution in [0.2, 0.25) is 0 Å². The molecule has 72 valence electrons. The van der Waals surface area contributed by atoms with Gasteiger partial charge < -0.3 is 4.74 Å². The molecular formula is C10H12BrFO. The standard InChI is InChI=1S/C10H12BrFO/c1-8(11)9-3-2-4-10(7-9)13-6-5-12/h2-4,7-8H,5-6H2,1H3. The molecule has 3 heteroatoms. The molecule has 1 rings (SSSR count). The van der Waals surface area contributed by atoms with Gasteiger partial charge in [-0.3, -0.25) is 0 Å². The van der Waals surface area contributed by atoms with Crippen LogP contribution in [-0.4, -0.2) is 13.3 Å². The summed E-state index contributed by atoms with van der Waals surface area (Å²) >= 11 is 3.46. The van der Waals surface area contributed by atoms with Crippen molar-refractivity contribution in [3.05, 3.63) is 29.8 Å². The predicted octanol–water partition coefficient (Wildman–Crippen LogP) is 3.49. The first-order valence-electron chi connectivity index (χ1n) is 4.17. The summed E-state index contributed by atoms with van der Waals surface area (Å²) in [5, 5.41) is 0. The molecule has 0 saturated carbocycles. The lowest BCUT2D eigenvalue weighted by Gasteiger charge is -2.07. The van der Waals surface area contributed by atoms with E-state index < -0.39 is 6.67 Å². The third-order valence-electron chi connectivity index (χ3n) is 1.66. The van der Waals surface area contributed by atoms with Gasteiger partial charge in [0.25, 0.3) is 0 Å². The molecule has 0 fully saturated rings. The maximum absolute atomic E-state index is 11.8. The molecule has 13 heavy (non-hydrogen) atoms. The summed E-state index contributed by atoms with van der Waals surface area (Å²) in [7, 11) is 0. The monoisotopic (exact) mass is 246 g/mol. The molecule has 0 bridgehead atoms. The van der Waals surface area contributed by atoms with Crippen molar-refractivity contribution in [1.82, 2.24) is 0 Å². The predicted molar refractivity (Wildman–Crippen MR) is 55.3 cm³/mol. The average molecular weight is 247 g/mol. The van der Waals surface area contributed by atoms with Crippen LogP contribution in [0.3, 0.4) is 0 Å². The Morgan fingerprint density at radius 1 is 1.54 bits per heavy atom. The van der Waals surface area contributed by atoms with E-state index in [2.05, 4.69) is 15.9 Å². The number of halogens is 2. The van der Waals surface area contributed by atoms with Crippen LogP contribution in [0.4, 0.5) is 4.39 Å². The van der Waals surface area contributed by atoms with E-state index in [1.807, 2.05) is 31.2 Å². The summed E-state index contributed by atoms with van der Waals surface area (Å²) in [6.45, 7) is 1.71. The normalized spacial score (nSPS) is 12.5. The van der Waals surface area contributed by atoms with Gasteiger partial charge in [-0.2, -0.15) is 0 Å². The summed E-state index contributed by atoms with van der Waals surface area (Å²) in [6.07, 6.45) is 0. The van der Waals surface area contributed by atoms with Gasteiger partial charge in [0.05, 0.1) is 0 Å². The summed E-state index contributed by atoms with van der Waals surface area (Å²) < 4.78 is 17.0. The van der Waals surface area contributed by atoms with E-state index in [1.165, 1.54) is 0 Å². The molecule has 0 aliphatic heterocycles. The maximum Gasteiger partial charge on any atom is 0.123 e. The minimum Gasteiger partial charge on any atom is -0.491 e. The summed E-state index contributed by atoms with van der Waals surface area (Å²) in [5.41, 5.74) is 1.14.